The van der Waals surface area contributed by atoms with E-state index in [0.717, 1.165) is 31.6 Å². The third-order valence-electron chi connectivity index (χ3n) is 8.05. The van der Waals surface area contributed by atoms with Crippen molar-refractivity contribution in [1.29, 1.82) is 0 Å². The summed E-state index contributed by atoms with van der Waals surface area (Å²) in [7, 11) is 0. The maximum Gasteiger partial charge on any atom is 0.140 e. The van der Waals surface area contributed by atoms with Gasteiger partial charge in [0.1, 0.15) is 29.8 Å². The van der Waals surface area contributed by atoms with Gasteiger partial charge >= 0.3 is 0 Å². The molecule has 0 heterocycles. The molecule has 4 unspecified atom stereocenters. The number of halogens is 3. The number of hydrogen-bond acceptors (Lipinski definition) is 1. The molecular weight excluding hydrogens is 421 g/mol. The van der Waals surface area contributed by atoms with E-state index in [-0.39, 0.29) is 34.6 Å². The Morgan fingerprint density at radius 2 is 1.73 bits per heavy atom. The lowest BCUT2D eigenvalue weighted by Gasteiger charge is -2.42. The maximum atomic E-state index is 15.5. The highest BCUT2D eigenvalue weighted by atomic mass is 19.1. The Morgan fingerprint density at radius 3 is 2.52 bits per heavy atom. The molecule has 0 aliphatic heterocycles. The van der Waals surface area contributed by atoms with Crippen molar-refractivity contribution in [1.82, 2.24) is 0 Å². The highest BCUT2D eigenvalue weighted by Gasteiger charge is 2.37. The minimum atomic E-state index is -0.731. The molecule has 4 atom stereocenters. The third-order valence-corrected chi connectivity index (χ3v) is 8.05. The van der Waals surface area contributed by atoms with Gasteiger partial charge in [0.05, 0.1) is 5.39 Å². The van der Waals surface area contributed by atoms with Crippen LogP contribution in [0.15, 0.2) is 30.9 Å². The first-order chi connectivity index (χ1) is 16.0. The molecule has 0 aromatic heterocycles. The van der Waals surface area contributed by atoms with E-state index < -0.39 is 17.5 Å². The smallest absolute Gasteiger partial charge is 0.140 e. The van der Waals surface area contributed by atoms with Crippen LogP contribution in [0, 0.1) is 35.2 Å². The van der Waals surface area contributed by atoms with Crippen LogP contribution in [0.1, 0.15) is 89.0 Å². The fourth-order valence-corrected chi connectivity index (χ4v) is 6.38. The van der Waals surface area contributed by atoms with Crippen LogP contribution in [0.25, 0.3) is 10.8 Å². The fraction of sp³-hybridized carbons (Fsp3) is 0.586. The van der Waals surface area contributed by atoms with E-state index in [1.807, 2.05) is 0 Å². The molecule has 2 aliphatic carbocycles. The van der Waals surface area contributed by atoms with Crippen LogP contribution in [0.5, 0.6) is 5.75 Å². The normalized spacial score (nSPS) is 25.1. The molecule has 2 aromatic carbocycles. The van der Waals surface area contributed by atoms with Crippen molar-refractivity contribution in [2.24, 2.45) is 17.8 Å². The highest BCUT2D eigenvalue weighted by Crippen LogP contribution is 2.49. The molecule has 0 radical (unpaired) electrons. The Hall–Kier alpha value is -1.97. The molecule has 2 aromatic rings. The van der Waals surface area contributed by atoms with Gasteiger partial charge in [-0.15, -0.1) is 0 Å². The monoisotopic (exact) mass is 458 g/mol. The Kier molecular flexibility index (Phi) is 8.03. The second kappa shape index (κ2) is 11.0. The molecule has 0 saturated heterocycles. The largest absolute Gasteiger partial charge is 0.489 e. The predicted octanol–water partition coefficient (Wildman–Crippen LogP) is 9.09. The molecule has 1 nitrogen and oxygen atoms in total. The average molecular weight is 459 g/mol. The van der Waals surface area contributed by atoms with Gasteiger partial charge in [-0.2, -0.15) is 0 Å². The summed E-state index contributed by atoms with van der Waals surface area (Å²) in [5.41, 5.74) is 0.0845. The lowest BCUT2D eigenvalue weighted by atomic mass is 9.63. The van der Waals surface area contributed by atoms with E-state index in [4.69, 9.17) is 4.74 Å². The van der Waals surface area contributed by atoms with Crippen LogP contribution < -0.4 is 4.74 Å². The molecular formula is C29H37F3O. The fourth-order valence-electron chi connectivity index (χ4n) is 6.38. The predicted molar refractivity (Wildman–Crippen MR) is 129 cm³/mol. The Balaban J connectivity index is 1.48. The Labute approximate surface area is 196 Å². The minimum absolute atomic E-state index is 0.0845. The van der Waals surface area contributed by atoms with Gasteiger partial charge in [-0.25, -0.2) is 13.2 Å². The minimum Gasteiger partial charge on any atom is -0.489 e. The molecule has 33 heavy (non-hydrogen) atoms. The standard InChI is InChI=1S/C29H37F3O/c1-3-5-6-7-8-19-9-10-21-15-22(12-11-20(21)14-19)27-25(30)17-23-16-24(33-13-4-2)18-26(31)28(23)29(27)32/h4,16-22H,2-3,5-15H2,1H3. The summed E-state index contributed by atoms with van der Waals surface area (Å²) in [5.74, 6) is 0.108. The van der Waals surface area contributed by atoms with Crippen LogP contribution in [0.3, 0.4) is 0 Å². The topological polar surface area (TPSA) is 9.23 Å². The quantitative estimate of drug-likeness (QED) is 0.269. The first-order valence-corrected chi connectivity index (χ1v) is 12.9. The highest BCUT2D eigenvalue weighted by molar-refractivity contribution is 5.86. The molecule has 180 valence electrons. The van der Waals surface area contributed by atoms with Gasteiger partial charge in [0.25, 0.3) is 0 Å². The summed E-state index contributed by atoms with van der Waals surface area (Å²) in [6, 6.07) is 3.95. The number of ether oxygens (including phenoxy) is 1. The van der Waals surface area contributed by atoms with Crippen LogP contribution in [0.2, 0.25) is 0 Å². The summed E-state index contributed by atoms with van der Waals surface area (Å²) in [6.07, 6.45) is 14.4. The molecule has 0 bridgehead atoms. The SMILES string of the molecule is C=CCOc1cc(F)c2c(F)c(C3CCC4CC(CCCCCC)CCC4C3)c(F)cc2c1. The van der Waals surface area contributed by atoms with Gasteiger partial charge in [0.2, 0.25) is 0 Å². The van der Waals surface area contributed by atoms with Gasteiger partial charge in [0.15, 0.2) is 0 Å². The zero-order valence-corrected chi connectivity index (χ0v) is 19.9. The van der Waals surface area contributed by atoms with Crippen molar-refractivity contribution in [3.05, 3.63) is 53.9 Å². The van der Waals surface area contributed by atoms with Gasteiger partial charge in [-0.1, -0.05) is 58.1 Å². The average Bonchev–Trinajstić information content (AvgIpc) is 2.80. The van der Waals surface area contributed by atoms with Crippen LogP contribution in [0.4, 0.5) is 13.2 Å². The van der Waals surface area contributed by atoms with Crippen molar-refractivity contribution < 1.29 is 17.9 Å². The molecule has 0 N–H and O–H groups in total. The summed E-state index contributed by atoms with van der Waals surface area (Å²) in [6.45, 7) is 6.02. The molecule has 4 heteroatoms. The Bertz CT molecular complexity index is 969. The molecule has 0 spiro atoms. The lowest BCUT2D eigenvalue weighted by molar-refractivity contribution is 0.111. The molecule has 2 fully saturated rings. The van der Waals surface area contributed by atoms with E-state index in [1.165, 1.54) is 63.1 Å². The number of fused-ring (bicyclic) bond motifs is 2. The Morgan fingerprint density at radius 1 is 0.939 bits per heavy atom. The van der Waals surface area contributed by atoms with Crippen molar-refractivity contribution in [3.63, 3.8) is 0 Å². The summed E-state index contributed by atoms with van der Waals surface area (Å²) >= 11 is 0. The van der Waals surface area contributed by atoms with E-state index in [1.54, 1.807) is 6.08 Å². The zero-order chi connectivity index (χ0) is 23.4. The van der Waals surface area contributed by atoms with E-state index in [0.29, 0.717) is 11.8 Å². The second-order valence-corrected chi connectivity index (χ2v) is 10.2. The van der Waals surface area contributed by atoms with Crippen LogP contribution >= 0.6 is 0 Å². The molecule has 0 amide bonds. The van der Waals surface area contributed by atoms with Gasteiger partial charge < -0.3 is 4.74 Å². The van der Waals surface area contributed by atoms with E-state index in [2.05, 4.69) is 13.5 Å². The summed E-state index contributed by atoms with van der Waals surface area (Å²) < 4.78 is 50.8. The molecule has 4 rings (SSSR count). The van der Waals surface area contributed by atoms with Crippen molar-refractivity contribution in [3.8, 4) is 5.75 Å². The maximum absolute atomic E-state index is 15.5. The second-order valence-electron chi connectivity index (χ2n) is 10.2. The first-order valence-electron chi connectivity index (χ1n) is 12.9. The van der Waals surface area contributed by atoms with Crippen LogP contribution in [-0.2, 0) is 0 Å². The van der Waals surface area contributed by atoms with Crippen molar-refractivity contribution in [2.75, 3.05) is 6.61 Å². The first kappa shape index (κ1) is 24.2. The number of hydrogen-bond donors (Lipinski definition) is 0. The summed E-state index contributed by atoms with van der Waals surface area (Å²) in [5, 5.41) is 0.0698. The molecule has 2 aliphatic rings. The lowest BCUT2D eigenvalue weighted by Crippen LogP contribution is -2.31. The van der Waals surface area contributed by atoms with Gasteiger partial charge in [-0.05, 0) is 73.3 Å². The van der Waals surface area contributed by atoms with Gasteiger partial charge in [0, 0.05) is 11.6 Å². The van der Waals surface area contributed by atoms with E-state index in [9.17, 15) is 4.39 Å². The summed E-state index contributed by atoms with van der Waals surface area (Å²) in [4.78, 5) is 0. The third kappa shape index (κ3) is 5.41. The molecule has 2 saturated carbocycles. The number of rotatable bonds is 9. The van der Waals surface area contributed by atoms with Crippen LogP contribution in [-0.4, -0.2) is 6.61 Å². The van der Waals surface area contributed by atoms with Crippen molar-refractivity contribution >= 4 is 10.8 Å². The zero-order valence-electron chi connectivity index (χ0n) is 19.9. The number of benzene rings is 2. The number of unbranched alkanes of at least 4 members (excludes halogenated alkanes) is 3. The van der Waals surface area contributed by atoms with Gasteiger partial charge in [-0.3, -0.25) is 0 Å². The van der Waals surface area contributed by atoms with Crippen molar-refractivity contribution in [2.45, 2.75) is 83.5 Å². The van der Waals surface area contributed by atoms with E-state index >= 15 is 8.78 Å².